The lowest BCUT2D eigenvalue weighted by molar-refractivity contribution is 0.632. The molecule has 0 fully saturated rings. The van der Waals surface area contributed by atoms with Crippen LogP contribution in [-0.4, -0.2) is 4.57 Å². The van der Waals surface area contributed by atoms with Gasteiger partial charge in [-0.25, -0.2) is 0 Å². The zero-order valence-corrected chi connectivity index (χ0v) is 11.5. The van der Waals surface area contributed by atoms with Crippen LogP contribution >= 0.6 is 0 Å². The van der Waals surface area contributed by atoms with Crippen LogP contribution in [0.15, 0.2) is 52.9 Å². The summed E-state index contributed by atoms with van der Waals surface area (Å²) < 4.78 is 8.04. The maximum absolute atomic E-state index is 6.00. The van der Waals surface area contributed by atoms with E-state index in [1.54, 1.807) is 0 Å². The number of benzene rings is 2. The average molecular weight is 260 g/mol. The minimum Gasteiger partial charge on any atom is -0.456 e. The Bertz CT molecular complexity index is 894. The van der Waals surface area contributed by atoms with Gasteiger partial charge >= 0.3 is 0 Å². The standard InChI is InChI=1S/C18H14NO/c1-12-11-19(2)15-8-5-7-14(18(12)15)17-10-13-6-3-4-9-16(13)20-17/h3-10H,1-2H3. The van der Waals surface area contributed by atoms with Gasteiger partial charge in [0.1, 0.15) is 11.3 Å². The molecule has 0 bridgehead atoms. The maximum atomic E-state index is 6.00. The summed E-state index contributed by atoms with van der Waals surface area (Å²) in [5, 5.41) is 2.35. The molecular formula is C18H14NO. The first-order chi connectivity index (χ1) is 9.74. The predicted molar refractivity (Wildman–Crippen MR) is 81.7 cm³/mol. The van der Waals surface area contributed by atoms with Crippen molar-refractivity contribution in [1.82, 2.24) is 4.57 Å². The molecule has 0 aliphatic carbocycles. The second-order valence-corrected chi connectivity index (χ2v) is 5.14. The SMILES string of the molecule is Cc1[c]n(C)c2cccc(-c3cc4ccccc4o3)c12. The van der Waals surface area contributed by atoms with Gasteiger partial charge in [0.2, 0.25) is 0 Å². The van der Waals surface area contributed by atoms with Crippen LogP contribution in [-0.2, 0) is 7.05 Å². The first kappa shape index (κ1) is 11.4. The van der Waals surface area contributed by atoms with E-state index in [0.29, 0.717) is 0 Å². The summed E-state index contributed by atoms with van der Waals surface area (Å²) >= 11 is 0. The fourth-order valence-electron chi connectivity index (χ4n) is 2.90. The first-order valence-electron chi connectivity index (χ1n) is 6.70. The maximum Gasteiger partial charge on any atom is 0.136 e. The molecule has 2 heterocycles. The zero-order valence-electron chi connectivity index (χ0n) is 11.5. The molecule has 2 aromatic carbocycles. The van der Waals surface area contributed by atoms with Gasteiger partial charge in [0.15, 0.2) is 0 Å². The Labute approximate surface area is 117 Å². The van der Waals surface area contributed by atoms with Gasteiger partial charge in [0.25, 0.3) is 0 Å². The molecule has 2 aromatic heterocycles. The number of aromatic nitrogens is 1. The Morgan fingerprint density at radius 1 is 1.05 bits per heavy atom. The van der Waals surface area contributed by atoms with Crippen molar-refractivity contribution in [3.63, 3.8) is 0 Å². The van der Waals surface area contributed by atoms with Crippen LogP contribution in [0.4, 0.5) is 0 Å². The summed E-state index contributed by atoms with van der Waals surface area (Å²) in [5.41, 5.74) is 4.39. The quantitative estimate of drug-likeness (QED) is 0.485. The minimum atomic E-state index is 0.916. The lowest BCUT2D eigenvalue weighted by atomic mass is 10.0. The van der Waals surface area contributed by atoms with E-state index in [2.05, 4.69) is 43.5 Å². The van der Waals surface area contributed by atoms with Crippen molar-refractivity contribution in [3.8, 4) is 11.3 Å². The second-order valence-electron chi connectivity index (χ2n) is 5.14. The van der Waals surface area contributed by atoms with Gasteiger partial charge in [-0.1, -0.05) is 30.3 Å². The van der Waals surface area contributed by atoms with E-state index in [4.69, 9.17) is 4.42 Å². The van der Waals surface area contributed by atoms with Crippen LogP contribution in [0.2, 0.25) is 0 Å². The van der Waals surface area contributed by atoms with Crippen molar-refractivity contribution in [2.24, 2.45) is 7.05 Å². The van der Waals surface area contributed by atoms with Gasteiger partial charge in [-0.2, -0.15) is 0 Å². The lowest BCUT2D eigenvalue weighted by Crippen LogP contribution is -1.84. The van der Waals surface area contributed by atoms with E-state index >= 15 is 0 Å². The monoisotopic (exact) mass is 260 g/mol. The summed E-state index contributed by atoms with van der Waals surface area (Å²) in [4.78, 5) is 0. The number of nitrogens with zero attached hydrogens (tertiary/aromatic N) is 1. The molecule has 1 radical (unpaired) electrons. The third-order valence-corrected chi connectivity index (χ3v) is 3.81. The van der Waals surface area contributed by atoms with Gasteiger partial charge in [0.05, 0.1) is 6.20 Å². The van der Waals surface area contributed by atoms with Crippen molar-refractivity contribution in [2.45, 2.75) is 6.92 Å². The van der Waals surface area contributed by atoms with Gasteiger partial charge in [-0.05, 0) is 30.7 Å². The third kappa shape index (κ3) is 1.51. The second kappa shape index (κ2) is 4.01. The molecule has 4 aromatic rings. The normalized spacial score (nSPS) is 11.5. The average Bonchev–Trinajstić information content (AvgIpc) is 3.01. The molecule has 0 atom stereocenters. The van der Waals surface area contributed by atoms with Gasteiger partial charge in [-0.3, -0.25) is 0 Å². The van der Waals surface area contributed by atoms with Gasteiger partial charge in [0, 0.05) is 28.9 Å². The summed E-state index contributed by atoms with van der Waals surface area (Å²) in [7, 11) is 2.03. The zero-order chi connectivity index (χ0) is 13.7. The molecule has 97 valence electrons. The fraction of sp³-hybridized carbons (Fsp3) is 0.111. The van der Waals surface area contributed by atoms with Gasteiger partial charge in [-0.15, -0.1) is 0 Å². The lowest BCUT2D eigenvalue weighted by Gasteiger charge is -2.02. The molecule has 4 rings (SSSR count). The highest BCUT2D eigenvalue weighted by atomic mass is 16.3. The number of aryl methyl sites for hydroxylation is 2. The molecule has 0 amide bonds. The van der Waals surface area contributed by atoms with E-state index < -0.39 is 0 Å². The molecule has 20 heavy (non-hydrogen) atoms. The summed E-state index contributed by atoms with van der Waals surface area (Å²) in [6.07, 6.45) is 3.33. The van der Waals surface area contributed by atoms with Crippen LogP contribution in [0, 0.1) is 13.1 Å². The van der Waals surface area contributed by atoms with Crippen molar-refractivity contribution in [2.75, 3.05) is 0 Å². The summed E-state index contributed by atoms with van der Waals surface area (Å²) in [6.45, 7) is 2.09. The summed E-state index contributed by atoms with van der Waals surface area (Å²) in [5.74, 6) is 0.916. The number of furan rings is 1. The van der Waals surface area contributed by atoms with E-state index in [9.17, 15) is 0 Å². The van der Waals surface area contributed by atoms with E-state index in [-0.39, 0.29) is 0 Å². The van der Waals surface area contributed by atoms with Crippen LogP contribution in [0.1, 0.15) is 5.56 Å². The van der Waals surface area contributed by atoms with Crippen molar-refractivity contribution in [3.05, 3.63) is 60.3 Å². The molecule has 2 nitrogen and oxygen atoms in total. The Balaban J connectivity index is 2.06. The highest BCUT2D eigenvalue weighted by Gasteiger charge is 2.13. The number of hydrogen-bond acceptors (Lipinski definition) is 1. The van der Waals surface area contributed by atoms with Crippen molar-refractivity contribution in [1.29, 1.82) is 0 Å². The van der Waals surface area contributed by atoms with Gasteiger partial charge < -0.3 is 8.98 Å². The first-order valence-corrected chi connectivity index (χ1v) is 6.70. The molecule has 2 heteroatoms. The Kier molecular flexibility index (Phi) is 2.27. The number of para-hydroxylation sites is 1. The van der Waals surface area contributed by atoms with E-state index in [1.807, 2.05) is 29.8 Å². The molecule has 0 saturated heterocycles. The summed E-state index contributed by atoms with van der Waals surface area (Å²) in [6, 6.07) is 16.5. The minimum absolute atomic E-state index is 0.916. The molecule has 0 saturated carbocycles. The number of rotatable bonds is 1. The van der Waals surface area contributed by atoms with E-state index in [0.717, 1.165) is 27.9 Å². The van der Waals surface area contributed by atoms with Crippen LogP contribution in [0.5, 0.6) is 0 Å². The highest BCUT2D eigenvalue weighted by Crippen LogP contribution is 2.34. The fourth-order valence-corrected chi connectivity index (χ4v) is 2.90. The van der Waals surface area contributed by atoms with Crippen LogP contribution in [0.3, 0.4) is 0 Å². The molecular weight excluding hydrogens is 246 g/mol. The predicted octanol–water partition coefficient (Wildman–Crippen LogP) is 4.70. The smallest absolute Gasteiger partial charge is 0.136 e. The Hall–Kier alpha value is -2.48. The largest absolute Gasteiger partial charge is 0.456 e. The molecule has 0 aliphatic heterocycles. The molecule has 0 unspecified atom stereocenters. The highest BCUT2D eigenvalue weighted by molar-refractivity contribution is 5.98. The van der Waals surface area contributed by atoms with Crippen molar-refractivity contribution >= 4 is 21.9 Å². The van der Waals surface area contributed by atoms with Crippen LogP contribution < -0.4 is 0 Å². The Morgan fingerprint density at radius 2 is 1.90 bits per heavy atom. The third-order valence-electron chi connectivity index (χ3n) is 3.81. The number of hydrogen-bond donors (Lipinski definition) is 0. The number of fused-ring (bicyclic) bond motifs is 2. The Morgan fingerprint density at radius 3 is 2.75 bits per heavy atom. The molecule has 0 N–H and O–H groups in total. The van der Waals surface area contributed by atoms with Crippen LogP contribution in [0.25, 0.3) is 33.2 Å². The molecule has 0 aliphatic rings. The molecule has 0 spiro atoms. The van der Waals surface area contributed by atoms with E-state index in [1.165, 1.54) is 10.9 Å². The topological polar surface area (TPSA) is 18.1 Å². The van der Waals surface area contributed by atoms with Crippen molar-refractivity contribution < 1.29 is 4.42 Å².